The zero-order valence-electron chi connectivity index (χ0n) is 18.9. The molecule has 1 aliphatic heterocycles. The monoisotopic (exact) mass is 470 g/mol. The lowest BCUT2D eigenvalue weighted by Gasteiger charge is -2.28. The molecule has 0 saturated heterocycles. The van der Waals surface area contributed by atoms with E-state index in [2.05, 4.69) is 18.7 Å². The number of phenolic OH excluding ortho intramolecular Hbond substituents is 1. The van der Waals surface area contributed by atoms with E-state index < -0.39 is 6.04 Å². The molecule has 7 nitrogen and oxygen atoms in total. The van der Waals surface area contributed by atoms with Gasteiger partial charge in [-0.25, -0.2) is 0 Å². The van der Waals surface area contributed by atoms with Gasteiger partial charge in [-0.2, -0.15) is 0 Å². The normalized spacial score (nSPS) is 15.5. The van der Waals surface area contributed by atoms with Crippen LogP contribution in [0.4, 0.5) is 0 Å². The third-order valence-electron chi connectivity index (χ3n) is 6.08. The second-order valence-electron chi connectivity index (χ2n) is 7.90. The Kier molecular flexibility index (Phi) is 6.63. The Balaban J connectivity index is 1.89. The smallest absolute Gasteiger partial charge is 0.290 e. The van der Waals surface area contributed by atoms with E-state index in [0.717, 1.165) is 13.1 Å². The van der Waals surface area contributed by atoms with Gasteiger partial charge in [-0.1, -0.05) is 31.5 Å². The van der Waals surface area contributed by atoms with Crippen LogP contribution in [0.5, 0.6) is 11.5 Å². The van der Waals surface area contributed by atoms with Gasteiger partial charge in [-0.3, -0.25) is 9.59 Å². The lowest BCUT2D eigenvalue weighted by atomic mass is 9.98. The number of halogens is 1. The summed E-state index contributed by atoms with van der Waals surface area (Å²) in [7, 11) is 0. The summed E-state index contributed by atoms with van der Waals surface area (Å²) in [4.78, 5) is 30.9. The van der Waals surface area contributed by atoms with Crippen molar-refractivity contribution in [3.8, 4) is 11.5 Å². The fourth-order valence-electron chi connectivity index (χ4n) is 4.33. The zero-order chi connectivity index (χ0) is 23.7. The van der Waals surface area contributed by atoms with Gasteiger partial charge in [0.15, 0.2) is 16.9 Å². The first-order valence-corrected chi connectivity index (χ1v) is 11.5. The van der Waals surface area contributed by atoms with E-state index in [1.807, 2.05) is 6.92 Å². The molecular weight excluding hydrogens is 444 g/mol. The van der Waals surface area contributed by atoms with Crippen LogP contribution >= 0.6 is 11.6 Å². The predicted molar refractivity (Wildman–Crippen MR) is 127 cm³/mol. The number of rotatable bonds is 8. The molecule has 1 aliphatic rings. The summed E-state index contributed by atoms with van der Waals surface area (Å²) in [6.07, 6.45) is 0. The summed E-state index contributed by atoms with van der Waals surface area (Å²) >= 11 is 6.13. The van der Waals surface area contributed by atoms with Gasteiger partial charge in [-0.15, -0.1) is 0 Å². The molecule has 1 atom stereocenters. The van der Waals surface area contributed by atoms with Gasteiger partial charge >= 0.3 is 0 Å². The third kappa shape index (κ3) is 4.18. The Hall–Kier alpha value is -3.03. The summed E-state index contributed by atoms with van der Waals surface area (Å²) in [6.45, 7) is 9.09. The minimum Gasteiger partial charge on any atom is -0.504 e. The zero-order valence-corrected chi connectivity index (χ0v) is 19.7. The highest BCUT2D eigenvalue weighted by Gasteiger charge is 2.42. The molecule has 0 saturated carbocycles. The highest BCUT2D eigenvalue weighted by atomic mass is 35.5. The topological polar surface area (TPSA) is 83.2 Å². The van der Waals surface area contributed by atoms with Crippen molar-refractivity contribution >= 4 is 28.5 Å². The number of aromatic hydroxyl groups is 1. The first kappa shape index (κ1) is 23.1. The number of fused-ring (bicyclic) bond motifs is 2. The maximum atomic E-state index is 13.6. The van der Waals surface area contributed by atoms with Crippen LogP contribution in [0.1, 0.15) is 48.5 Å². The van der Waals surface area contributed by atoms with Crippen molar-refractivity contribution in [3.05, 3.63) is 68.5 Å². The second-order valence-corrected chi connectivity index (χ2v) is 8.34. The number of carbonyl (C=O) groups is 1. The van der Waals surface area contributed by atoms with Crippen LogP contribution in [0.3, 0.4) is 0 Å². The third-order valence-corrected chi connectivity index (χ3v) is 6.31. The van der Waals surface area contributed by atoms with Crippen molar-refractivity contribution < 1.29 is 19.1 Å². The van der Waals surface area contributed by atoms with Gasteiger partial charge in [0.2, 0.25) is 5.76 Å². The van der Waals surface area contributed by atoms with Gasteiger partial charge in [0.1, 0.15) is 5.58 Å². The SMILES string of the molecule is CCOc1cc(C2c3c(oc4ccc(Cl)cc4c3=O)C(=O)N2CCN(CC)CC)ccc1O. The fraction of sp³-hybridized carbons (Fsp3) is 0.360. The van der Waals surface area contributed by atoms with Crippen molar-refractivity contribution in [1.82, 2.24) is 9.80 Å². The number of hydrogen-bond donors (Lipinski definition) is 1. The molecule has 0 bridgehead atoms. The van der Waals surface area contributed by atoms with E-state index in [9.17, 15) is 14.7 Å². The van der Waals surface area contributed by atoms with E-state index in [-0.39, 0.29) is 28.4 Å². The lowest BCUT2D eigenvalue weighted by Crippen LogP contribution is -2.37. The fourth-order valence-corrected chi connectivity index (χ4v) is 4.50. The lowest BCUT2D eigenvalue weighted by molar-refractivity contribution is 0.0708. The summed E-state index contributed by atoms with van der Waals surface area (Å²) in [6, 6.07) is 9.03. The number of amides is 1. The van der Waals surface area contributed by atoms with Crippen LogP contribution in [0.15, 0.2) is 45.6 Å². The Bertz CT molecular complexity index is 1250. The van der Waals surface area contributed by atoms with Gasteiger partial charge in [0.05, 0.1) is 23.6 Å². The highest BCUT2D eigenvalue weighted by Crippen LogP contribution is 2.40. The minimum atomic E-state index is -0.664. The maximum absolute atomic E-state index is 13.6. The Morgan fingerprint density at radius 1 is 1.12 bits per heavy atom. The molecule has 0 spiro atoms. The van der Waals surface area contributed by atoms with Crippen LogP contribution < -0.4 is 10.2 Å². The number of carbonyl (C=O) groups excluding carboxylic acids is 1. The summed E-state index contributed by atoms with van der Waals surface area (Å²) in [5.74, 6) is 0.0116. The molecular formula is C25H27ClN2O5. The van der Waals surface area contributed by atoms with Crippen LogP contribution in [0.25, 0.3) is 11.0 Å². The van der Waals surface area contributed by atoms with Gasteiger partial charge in [0, 0.05) is 18.1 Å². The predicted octanol–water partition coefficient (Wildman–Crippen LogP) is 4.44. The summed E-state index contributed by atoms with van der Waals surface area (Å²) < 4.78 is 11.5. The molecule has 1 aromatic heterocycles. The molecule has 0 radical (unpaired) electrons. The van der Waals surface area contributed by atoms with E-state index in [1.165, 1.54) is 6.07 Å². The highest BCUT2D eigenvalue weighted by molar-refractivity contribution is 6.31. The van der Waals surface area contributed by atoms with Crippen LogP contribution in [0.2, 0.25) is 5.02 Å². The largest absolute Gasteiger partial charge is 0.504 e. The quantitative estimate of drug-likeness (QED) is 0.524. The summed E-state index contributed by atoms with van der Waals surface area (Å²) in [5.41, 5.74) is 0.976. The average Bonchev–Trinajstić information content (AvgIpc) is 3.08. The van der Waals surface area contributed by atoms with Crippen LogP contribution in [-0.2, 0) is 0 Å². The molecule has 2 aromatic carbocycles. The molecule has 8 heteroatoms. The minimum absolute atomic E-state index is 0.00262. The summed E-state index contributed by atoms with van der Waals surface area (Å²) in [5, 5.41) is 10.9. The molecule has 1 N–H and O–H groups in total. The Labute approximate surface area is 197 Å². The molecule has 3 aromatic rings. The Morgan fingerprint density at radius 3 is 2.58 bits per heavy atom. The van der Waals surface area contributed by atoms with Crippen molar-refractivity contribution in [3.63, 3.8) is 0 Å². The Morgan fingerprint density at radius 2 is 1.88 bits per heavy atom. The van der Waals surface area contributed by atoms with Crippen LogP contribution in [0, 0.1) is 0 Å². The maximum Gasteiger partial charge on any atom is 0.290 e. The van der Waals surface area contributed by atoms with Gasteiger partial charge in [0.25, 0.3) is 5.91 Å². The molecule has 1 unspecified atom stereocenters. The van der Waals surface area contributed by atoms with E-state index in [0.29, 0.717) is 47.0 Å². The molecule has 2 heterocycles. The average molecular weight is 471 g/mol. The number of ether oxygens (including phenoxy) is 1. The molecule has 174 valence electrons. The molecule has 4 rings (SSSR count). The number of hydrogen-bond acceptors (Lipinski definition) is 6. The molecule has 0 fully saturated rings. The van der Waals surface area contributed by atoms with E-state index in [4.69, 9.17) is 20.8 Å². The van der Waals surface area contributed by atoms with Crippen molar-refractivity contribution in [2.75, 3.05) is 32.8 Å². The van der Waals surface area contributed by atoms with Crippen LogP contribution in [-0.4, -0.2) is 53.6 Å². The molecule has 1 amide bonds. The number of phenols is 1. The van der Waals surface area contributed by atoms with Gasteiger partial charge in [-0.05, 0) is 55.9 Å². The number of benzene rings is 2. The van der Waals surface area contributed by atoms with Crippen molar-refractivity contribution in [1.29, 1.82) is 0 Å². The van der Waals surface area contributed by atoms with E-state index >= 15 is 0 Å². The first-order valence-electron chi connectivity index (χ1n) is 11.1. The van der Waals surface area contributed by atoms with Crippen molar-refractivity contribution in [2.45, 2.75) is 26.8 Å². The van der Waals surface area contributed by atoms with E-state index in [1.54, 1.807) is 35.2 Å². The standard InChI is InChI=1S/C25H27ClN2O5/c1-4-27(5-2)11-12-28-22(15-7-9-18(29)20(13-15)32-6-3)21-23(30)17-14-16(26)8-10-19(17)33-24(21)25(28)31/h7-10,13-14,22,29H,4-6,11-12H2,1-3H3. The number of likely N-dealkylation sites (N-methyl/N-ethyl adjacent to an activating group) is 1. The molecule has 33 heavy (non-hydrogen) atoms. The van der Waals surface area contributed by atoms with Gasteiger partial charge < -0.3 is 24.1 Å². The second kappa shape index (κ2) is 9.45. The number of nitrogens with zero attached hydrogens (tertiary/aromatic N) is 2. The first-order chi connectivity index (χ1) is 15.9. The van der Waals surface area contributed by atoms with Crippen molar-refractivity contribution in [2.24, 2.45) is 0 Å². The molecule has 0 aliphatic carbocycles.